The van der Waals surface area contributed by atoms with Crippen molar-refractivity contribution in [2.75, 3.05) is 26.2 Å². The molecule has 0 saturated carbocycles. The Hall–Kier alpha value is -0.0800. The SMILES string of the molecule is CC1(C)CN(CCC2CCCCN2)C1. The third-order valence-electron chi connectivity index (χ3n) is 3.51. The molecule has 1 N–H and O–H groups in total. The van der Waals surface area contributed by atoms with E-state index in [0.717, 1.165) is 6.04 Å². The molecule has 2 heteroatoms. The zero-order valence-electron chi connectivity index (χ0n) is 9.68. The van der Waals surface area contributed by atoms with Crippen molar-refractivity contribution in [3.05, 3.63) is 0 Å². The van der Waals surface area contributed by atoms with Gasteiger partial charge in [0.2, 0.25) is 0 Å². The van der Waals surface area contributed by atoms with Crippen LogP contribution in [0, 0.1) is 5.41 Å². The molecular formula is C12H24N2. The molecule has 0 aromatic carbocycles. The molecule has 2 aliphatic heterocycles. The second-order valence-electron chi connectivity index (χ2n) is 5.81. The van der Waals surface area contributed by atoms with E-state index in [0.29, 0.717) is 5.41 Å². The Bertz CT molecular complexity index is 175. The monoisotopic (exact) mass is 196 g/mol. The number of piperidine rings is 1. The van der Waals surface area contributed by atoms with Gasteiger partial charge in [0, 0.05) is 19.1 Å². The van der Waals surface area contributed by atoms with Crippen LogP contribution in [-0.4, -0.2) is 37.1 Å². The van der Waals surface area contributed by atoms with Crippen LogP contribution in [0.5, 0.6) is 0 Å². The molecule has 82 valence electrons. The van der Waals surface area contributed by atoms with E-state index in [1.165, 1.54) is 51.9 Å². The van der Waals surface area contributed by atoms with Crippen LogP contribution < -0.4 is 5.32 Å². The van der Waals surface area contributed by atoms with Crippen molar-refractivity contribution in [3.63, 3.8) is 0 Å². The van der Waals surface area contributed by atoms with Crippen molar-refractivity contribution in [1.29, 1.82) is 0 Å². The molecule has 1 unspecified atom stereocenters. The van der Waals surface area contributed by atoms with Crippen LogP contribution in [0.3, 0.4) is 0 Å². The zero-order valence-corrected chi connectivity index (χ0v) is 9.68. The Morgan fingerprint density at radius 1 is 1.29 bits per heavy atom. The maximum Gasteiger partial charge on any atom is 0.00792 e. The zero-order chi connectivity index (χ0) is 10.0. The number of hydrogen-bond acceptors (Lipinski definition) is 2. The lowest BCUT2D eigenvalue weighted by Gasteiger charge is -2.46. The molecule has 0 spiro atoms. The molecule has 0 bridgehead atoms. The second-order valence-corrected chi connectivity index (χ2v) is 5.81. The second kappa shape index (κ2) is 4.19. The summed E-state index contributed by atoms with van der Waals surface area (Å²) in [6.45, 7) is 9.89. The van der Waals surface area contributed by atoms with Gasteiger partial charge >= 0.3 is 0 Å². The Labute approximate surface area is 88.1 Å². The highest BCUT2D eigenvalue weighted by Gasteiger charge is 2.33. The molecule has 2 rings (SSSR count). The average Bonchev–Trinajstić information content (AvgIpc) is 2.13. The van der Waals surface area contributed by atoms with E-state index in [1.54, 1.807) is 0 Å². The van der Waals surface area contributed by atoms with Crippen molar-refractivity contribution >= 4 is 0 Å². The van der Waals surface area contributed by atoms with Gasteiger partial charge in [-0.1, -0.05) is 20.3 Å². The minimum Gasteiger partial charge on any atom is -0.314 e. The largest absolute Gasteiger partial charge is 0.314 e. The molecule has 2 saturated heterocycles. The van der Waals surface area contributed by atoms with E-state index >= 15 is 0 Å². The highest BCUT2D eigenvalue weighted by atomic mass is 15.2. The molecule has 2 heterocycles. The molecule has 0 aromatic heterocycles. The summed E-state index contributed by atoms with van der Waals surface area (Å²) in [7, 11) is 0. The molecular weight excluding hydrogens is 172 g/mol. The van der Waals surface area contributed by atoms with Gasteiger partial charge in [0.1, 0.15) is 0 Å². The van der Waals surface area contributed by atoms with Crippen LogP contribution in [0.4, 0.5) is 0 Å². The first-order valence-electron chi connectivity index (χ1n) is 6.11. The summed E-state index contributed by atoms with van der Waals surface area (Å²) < 4.78 is 0. The normalized spacial score (nSPS) is 32.6. The maximum atomic E-state index is 3.62. The fraction of sp³-hybridized carbons (Fsp3) is 1.00. The first-order chi connectivity index (χ1) is 6.66. The minimum absolute atomic E-state index is 0.597. The van der Waals surface area contributed by atoms with Crippen molar-refractivity contribution in [3.8, 4) is 0 Å². The van der Waals surface area contributed by atoms with Crippen LogP contribution in [0.1, 0.15) is 39.5 Å². The van der Waals surface area contributed by atoms with Crippen LogP contribution in [-0.2, 0) is 0 Å². The summed E-state index contributed by atoms with van der Waals surface area (Å²) in [5.74, 6) is 0. The van der Waals surface area contributed by atoms with E-state index in [-0.39, 0.29) is 0 Å². The number of rotatable bonds is 3. The standard InChI is InChI=1S/C12H24N2/c1-12(2)9-14(10-12)8-6-11-5-3-4-7-13-11/h11,13H,3-10H2,1-2H3. The number of hydrogen-bond donors (Lipinski definition) is 1. The van der Waals surface area contributed by atoms with E-state index in [9.17, 15) is 0 Å². The van der Waals surface area contributed by atoms with Gasteiger partial charge < -0.3 is 10.2 Å². The molecule has 14 heavy (non-hydrogen) atoms. The number of nitrogens with one attached hydrogen (secondary N) is 1. The predicted molar refractivity (Wildman–Crippen MR) is 60.5 cm³/mol. The van der Waals surface area contributed by atoms with Crippen molar-refractivity contribution in [2.45, 2.75) is 45.6 Å². The lowest BCUT2D eigenvalue weighted by molar-refractivity contribution is 0.0275. The Kier molecular flexibility index (Phi) is 3.13. The van der Waals surface area contributed by atoms with Crippen LogP contribution >= 0.6 is 0 Å². The van der Waals surface area contributed by atoms with Crippen molar-refractivity contribution in [2.24, 2.45) is 5.41 Å². The summed E-state index contributed by atoms with van der Waals surface area (Å²) in [5.41, 5.74) is 0.597. The molecule has 2 nitrogen and oxygen atoms in total. The third kappa shape index (κ3) is 2.71. The molecule has 0 aliphatic carbocycles. The lowest BCUT2D eigenvalue weighted by Crippen LogP contribution is -2.53. The van der Waals surface area contributed by atoms with Gasteiger partial charge in [-0.2, -0.15) is 0 Å². The number of nitrogens with zero attached hydrogens (tertiary/aromatic N) is 1. The summed E-state index contributed by atoms with van der Waals surface area (Å²) in [6, 6.07) is 0.812. The van der Waals surface area contributed by atoms with Gasteiger partial charge in [-0.25, -0.2) is 0 Å². The fourth-order valence-electron chi connectivity index (χ4n) is 2.83. The first-order valence-corrected chi connectivity index (χ1v) is 6.11. The minimum atomic E-state index is 0.597. The Balaban J connectivity index is 1.59. The highest BCUT2D eigenvalue weighted by molar-refractivity contribution is 4.88. The van der Waals surface area contributed by atoms with E-state index in [4.69, 9.17) is 0 Å². The topological polar surface area (TPSA) is 15.3 Å². The smallest absolute Gasteiger partial charge is 0.00792 e. The number of likely N-dealkylation sites (tertiary alicyclic amines) is 1. The quantitative estimate of drug-likeness (QED) is 0.741. The molecule has 0 aromatic rings. The van der Waals surface area contributed by atoms with Crippen LogP contribution in [0.2, 0.25) is 0 Å². The van der Waals surface area contributed by atoms with Crippen molar-refractivity contribution in [1.82, 2.24) is 10.2 Å². The van der Waals surface area contributed by atoms with Gasteiger partial charge in [0.15, 0.2) is 0 Å². The lowest BCUT2D eigenvalue weighted by atomic mass is 9.84. The molecule has 2 aliphatic rings. The summed E-state index contributed by atoms with van der Waals surface area (Å²) in [5, 5.41) is 3.62. The third-order valence-corrected chi connectivity index (χ3v) is 3.51. The van der Waals surface area contributed by atoms with Crippen LogP contribution in [0.15, 0.2) is 0 Å². The van der Waals surface area contributed by atoms with Gasteiger partial charge in [-0.3, -0.25) is 0 Å². The van der Waals surface area contributed by atoms with Gasteiger partial charge in [-0.05, 0) is 37.8 Å². The summed E-state index contributed by atoms with van der Waals surface area (Å²) in [4.78, 5) is 2.59. The first kappa shape index (κ1) is 10.4. The molecule has 1 atom stereocenters. The summed E-state index contributed by atoms with van der Waals surface area (Å²) in [6.07, 6.45) is 5.57. The van der Waals surface area contributed by atoms with Crippen LogP contribution in [0.25, 0.3) is 0 Å². The maximum absolute atomic E-state index is 3.62. The average molecular weight is 196 g/mol. The predicted octanol–water partition coefficient (Wildman–Crippen LogP) is 1.86. The summed E-state index contributed by atoms with van der Waals surface area (Å²) >= 11 is 0. The highest BCUT2D eigenvalue weighted by Crippen LogP contribution is 2.28. The molecule has 2 fully saturated rings. The molecule has 0 amide bonds. The van der Waals surface area contributed by atoms with E-state index in [2.05, 4.69) is 24.1 Å². The molecule has 0 radical (unpaired) electrons. The van der Waals surface area contributed by atoms with Gasteiger partial charge in [0.05, 0.1) is 0 Å². The van der Waals surface area contributed by atoms with E-state index < -0.39 is 0 Å². The van der Waals surface area contributed by atoms with Gasteiger partial charge in [0.25, 0.3) is 0 Å². The van der Waals surface area contributed by atoms with Crippen molar-refractivity contribution < 1.29 is 0 Å². The Morgan fingerprint density at radius 2 is 2.07 bits per heavy atom. The Morgan fingerprint density at radius 3 is 2.64 bits per heavy atom. The fourth-order valence-corrected chi connectivity index (χ4v) is 2.83. The van der Waals surface area contributed by atoms with Gasteiger partial charge in [-0.15, -0.1) is 0 Å². The van der Waals surface area contributed by atoms with E-state index in [1.807, 2.05) is 0 Å².